The Morgan fingerprint density at radius 2 is 1.02 bits per heavy atom. The van der Waals surface area contributed by atoms with Gasteiger partial charge in [0.05, 0.1) is 16.8 Å². The van der Waals surface area contributed by atoms with Crippen molar-refractivity contribution >= 4 is 17.1 Å². The van der Waals surface area contributed by atoms with Crippen molar-refractivity contribution in [2.75, 3.05) is 4.90 Å². The molecular formula is C42H26N2O3. The SMILES string of the molecule is c1ccc(-c2ccc3c(c2)Oc2ccccc2C32c3ccccc3Oc3cc(N4c5ccccc5Oc5ncccc54)ccc32)cc1. The molecule has 1 spiro atoms. The van der Waals surface area contributed by atoms with Crippen molar-refractivity contribution in [3.05, 3.63) is 180 Å². The van der Waals surface area contributed by atoms with E-state index in [0.717, 1.165) is 79.2 Å². The molecule has 1 atom stereocenters. The zero-order chi connectivity index (χ0) is 31.0. The maximum absolute atomic E-state index is 6.82. The molecule has 4 heterocycles. The van der Waals surface area contributed by atoms with Crippen LogP contribution in [0.3, 0.4) is 0 Å². The van der Waals surface area contributed by atoms with Gasteiger partial charge in [-0.05, 0) is 59.7 Å². The zero-order valence-electron chi connectivity index (χ0n) is 25.1. The second kappa shape index (κ2) is 9.83. The standard InChI is InChI=1S/C42H26N2O3/c1-2-11-27(12-3-1)28-20-22-32-39(25-28)45-36-17-7-4-13-30(36)42(32)31-14-5-8-18-37(31)46-40-26-29(21-23-33(40)42)44-34-15-6-9-19-38(34)47-41-35(44)16-10-24-43-41/h1-26H. The topological polar surface area (TPSA) is 43.8 Å². The molecule has 0 radical (unpaired) electrons. The van der Waals surface area contributed by atoms with E-state index in [-0.39, 0.29) is 0 Å². The first-order valence-corrected chi connectivity index (χ1v) is 15.7. The van der Waals surface area contributed by atoms with E-state index >= 15 is 0 Å². The largest absolute Gasteiger partial charge is 0.457 e. The molecule has 47 heavy (non-hydrogen) atoms. The van der Waals surface area contributed by atoms with Gasteiger partial charge in [-0.2, -0.15) is 0 Å². The number of hydrogen-bond acceptors (Lipinski definition) is 5. The highest BCUT2D eigenvalue weighted by atomic mass is 16.5. The smallest absolute Gasteiger partial charge is 0.243 e. The van der Waals surface area contributed by atoms with Crippen LogP contribution in [0, 0.1) is 0 Å². The minimum atomic E-state index is -0.676. The van der Waals surface area contributed by atoms with Gasteiger partial charge in [-0.25, -0.2) is 4.98 Å². The summed E-state index contributed by atoms with van der Waals surface area (Å²) in [6.45, 7) is 0. The third-order valence-electron chi connectivity index (χ3n) is 9.45. The molecule has 6 aromatic carbocycles. The molecule has 3 aliphatic heterocycles. The summed E-state index contributed by atoms with van der Waals surface area (Å²) in [5, 5.41) is 0. The van der Waals surface area contributed by atoms with Crippen LogP contribution in [0.1, 0.15) is 22.3 Å². The van der Waals surface area contributed by atoms with Crippen molar-refractivity contribution in [3.63, 3.8) is 0 Å². The Balaban J connectivity index is 1.23. The van der Waals surface area contributed by atoms with Crippen LogP contribution in [0.25, 0.3) is 11.1 Å². The van der Waals surface area contributed by atoms with Crippen molar-refractivity contribution in [2.24, 2.45) is 0 Å². The van der Waals surface area contributed by atoms with Gasteiger partial charge in [-0.3, -0.25) is 0 Å². The van der Waals surface area contributed by atoms with E-state index in [2.05, 4.69) is 113 Å². The Kier molecular flexibility index (Phi) is 5.43. The second-order valence-corrected chi connectivity index (χ2v) is 11.9. The molecule has 3 aliphatic rings. The number of anilines is 3. The monoisotopic (exact) mass is 606 g/mol. The number of aromatic nitrogens is 1. The minimum Gasteiger partial charge on any atom is -0.457 e. The van der Waals surface area contributed by atoms with Crippen LogP contribution in [0.4, 0.5) is 17.1 Å². The number of para-hydroxylation sites is 4. The Hall–Kier alpha value is -6.33. The molecule has 0 N–H and O–H groups in total. The molecule has 5 nitrogen and oxygen atoms in total. The number of ether oxygens (including phenoxy) is 3. The highest BCUT2D eigenvalue weighted by Gasteiger charge is 2.50. The molecule has 0 aliphatic carbocycles. The second-order valence-electron chi connectivity index (χ2n) is 11.9. The predicted octanol–water partition coefficient (Wildman–Crippen LogP) is 10.9. The van der Waals surface area contributed by atoms with Gasteiger partial charge in [-0.1, -0.05) is 97.1 Å². The summed E-state index contributed by atoms with van der Waals surface area (Å²) in [6, 6.07) is 52.3. The molecule has 5 heteroatoms. The summed E-state index contributed by atoms with van der Waals surface area (Å²) in [5.74, 6) is 4.58. The number of rotatable bonds is 2. The van der Waals surface area contributed by atoms with Crippen LogP contribution < -0.4 is 19.1 Å². The first-order valence-electron chi connectivity index (χ1n) is 15.7. The molecular weight excluding hydrogens is 580 g/mol. The lowest BCUT2D eigenvalue weighted by Gasteiger charge is -2.45. The lowest BCUT2D eigenvalue weighted by molar-refractivity contribution is 0.399. The molecule has 0 amide bonds. The first kappa shape index (κ1) is 25.9. The summed E-state index contributed by atoms with van der Waals surface area (Å²) in [6.07, 6.45) is 1.75. The zero-order valence-corrected chi connectivity index (χ0v) is 25.1. The fourth-order valence-electron chi connectivity index (χ4n) is 7.48. The van der Waals surface area contributed by atoms with E-state index in [1.54, 1.807) is 6.20 Å². The number of pyridine rings is 1. The van der Waals surface area contributed by atoms with E-state index in [9.17, 15) is 0 Å². The van der Waals surface area contributed by atoms with Crippen LogP contribution in [0.15, 0.2) is 158 Å². The van der Waals surface area contributed by atoms with E-state index in [4.69, 9.17) is 14.2 Å². The summed E-state index contributed by atoms with van der Waals surface area (Å²) < 4.78 is 19.7. The molecule has 10 rings (SSSR count). The summed E-state index contributed by atoms with van der Waals surface area (Å²) >= 11 is 0. The summed E-state index contributed by atoms with van der Waals surface area (Å²) in [4.78, 5) is 6.74. The molecule has 7 aromatic rings. The van der Waals surface area contributed by atoms with Gasteiger partial charge in [-0.15, -0.1) is 0 Å². The maximum atomic E-state index is 6.82. The first-order chi connectivity index (χ1) is 23.3. The fraction of sp³-hybridized carbons (Fsp3) is 0.0238. The van der Waals surface area contributed by atoms with Crippen molar-refractivity contribution in [1.82, 2.24) is 4.98 Å². The van der Waals surface area contributed by atoms with E-state index in [1.807, 2.05) is 48.5 Å². The predicted molar refractivity (Wildman–Crippen MR) is 183 cm³/mol. The number of fused-ring (bicyclic) bond motifs is 10. The van der Waals surface area contributed by atoms with Gasteiger partial charge in [0.1, 0.15) is 28.7 Å². The van der Waals surface area contributed by atoms with Crippen LogP contribution in [0.2, 0.25) is 0 Å². The average Bonchev–Trinajstić information content (AvgIpc) is 3.13. The van der Waals surface area contributed by atoms with Gasteiger partial charge in [0, 0.05) is 34.5 Å². The van der Waals surface area contributed by atoms with Gasteiger partial charge >= 0.3 is 0 Å². The number of benzene rings is 6. The third-order valence-corrected chi connectivity index (χ3v) is 9.45. The maximum Gasteiger partial charge on any atom is 0.243 e. The van der Waals surface area contributed by atoms with Crippen molar-refractivity contribution in [2.45, 2.75) is 5.41 Å². The van der Waals surface area contributed by atoms with E-state index in [1.165, 1.54) is 0 Å². The number of hydrogen-bond donors (Lipinski definition) is 0. The third kappa shape index (κ3) is 3.68. The molecule has 1 aromatic heterocycles. The molecule has 222 valence electrons. The molecule has 0 saturated carbocycles. The summed E-state index contributed by atoms with van der Waals surface area (Å²) in [5.41, 5.74) is 8.61. The van der Waals surface area contributed by atoms with E-state index in [0.29, 0.717) is 5.88 Å². The lowest BCUT2D eigenvalue weighted by Crippen LogP contribution is -2.36. The normalized spacial score (nSPS) is 16.2. The van der Waals surface area contributed by atoms with Gasteiger partial charge in [0.2, 0.25) is 5.88 Å². The Labute approximate surface area is 271 Å². The lowest BCUT2D eigenvalue weighted by atomic mass is 9.62. The van der Waals surface area contributed by atoms with Crippen LogP contribution in [0.5, 0.6) is 34.6 Å². The Bertz CT molecular complexity index is 2310. The average molecular weight is 607 g/mol. The molecule has 0 saturated heterocycles. The van der Waals surface area contributed by atoms with Crippen LogP contribution in [-0.4, -0.2) is 4.98 Å². The summed E-state index contributed by atoms with van der Waals surface area (Å²) in [7, 11) is 0. The minimum absolute atomic E-state index is 0.563. The van der Waals surface area contributed by atoms with Crippen molar-refractivity contribution in [3.8, 4) is 45.8 Å². The number of nitrogens with zero attached hydrogens (tertiary/aromatic N) is 2. The van der Waals surface area contributed by atoms with Gasteiger partial charge in [0.25, 0.3) is 0 Å². The van der Waals surface area contributed by atoms with Gasteiger partial charge < -0.3 is 19.1 Å². The van der Waals surface area contributed by atoms with Crippen LogP contribution in [-0.2, 0) is 5.41 Å². The van der Waals surface area contributed by atoms with Crippen LogP contribution >= 0.6 is 0 Å². The Morgan fingerprint density at radius 3 is 1.79 bits per heavy atom. The molecule has 1 unspecified atom stereocenters. The van der Waals surface area contributed by atoms with Crippen molar-refractivity contribution < 1.29 is 14.2 Å². The quantitative estimate of drug-likeness (QED) is 0.196. The Morgan fingerprint density at radius 1 is 0.426 bits per heavy atom. The highest BCUT2D eigenvalue weighted by Crippen LogP contribution is 2.62. The molecule has 0 bridgehead atoms. The van der Waals surface area contributed by atoms with Gasteiger partial charge in [0.15, 0.2) is 5.75 Å². The molecule has 0 fully saturated rings. The van der Waals surface area contributed by atoms with Crippen molar-refractivity contribution in [1.29, 1.82) is 0 Å². The fourth-order valence-corrected chi connectivity index (χ4v) is 7.48. The van der Waals surface area contributed by atoms with E-state index < -0.39 is 5.41 Å². The highest BCUT2D eigenvalue weighted by molar-refractivity contribution is 5.87.